The molecule has 1 fully saturated rings. The van der Waals surface area contributed by atoms with E-state index in [0.717, 1.165) is 25.0 Å². The van der Waals surface area contributed by atoms with Crippen molar-refractivity contribution in [3.05, 3.63) is 29.6 Å². The van der Waals surface area contributed by atoms with Gasteiger partial charge in [-0.25, -0.2) is 0 Å². The third kappa shape index (κ3) is 1.89. The van der Waals surface area contributed by atoms with Gasteiger partial charge in [-0.1, -0.05) is 19.9 Å². The molecule has 1 aromatic heterocycles. The van der Waals surface area contributed by atoms with Gasteiger partial charge in [0, 0.05) is 17.8 Å². The number of rotatable bonds is 2. The molecule has 0 aliphatic heterocycles. The monoisotopic (exact) mass is 231 g/mol. The summed E-state index contributed by atoms with van der Waals surface area (Å²) in [6.07, 6.45) is 6.24. The van der Waals surface area contributed by atoms with Crippen molar-refractivity contribution in [2.24, 2.45) is 11.3 Å². The highest BCUT2D eigenvalue weighted by Crippen LogP contribution is 2.56. The van der Waals surface area contributed by atoms with Gasteiger partial charge in [0.2, 0.25) is 0 Å². The van der Waals surface area contributed by atoms with Crippen LogP contribution in [-0.4, -0.2) is 16.2 Å². The maximum absolute atomic E-state index is 10.6. The first-order valence-corrected chi connectivity index (χ1v) is 6.71. The van der Waals surface area contributed by atoms with Gasteiger partial charge in [0.25, 0.3) is 0 Å². The second-order valence-corrected chi connectivity index (χ2v) is 6.34. The third-order valence-electron chi connectivity index (χ3n) is 4.65. The van der Waals surface area contributed by atoms with Crippen LogP contribution in [0.3, 0.4) is 0 Å². The summed E-state index contributed by atoms with van der Waals surface area (Å²) in [4.78, 5) is 4.52. The minimum atomic E-state index is -0.195. The molecule has 0 aromatic carbocycles. The molecule has 1 N–H and O–H groups in total. The summed E-state index contributed by atoms with van der Waals surface area (Å²) in [5, 5.41) is 10.6. The fourth-order valence-electron chi connectivity index (χ4n) is 3.35. The smallest absolute Gasteiger partial charge is 0.0657 e. The summed E-state index contributed by atoms with van der Waals surface area (Å²) < 4.78 is 0. The van der Waals surface area contributed by atoms with Gasteiger partial charge in [0.15, 0.2) is 0 Å². The highest BCUT2D eigenvalue weighted by atomic mass is 16.3. The molecule has 3 atom stereocenters. The topological polar surface area (TPSA) is 33.1 Å². The van der Waals surface area contributed by atoms with E-state index in [1.165, 1.54) is 12.0 Å². The van der Waals surface area contributed by atoms with Crippen LogP contribution >= 0.6 is 0 Å². The molecule has 92 valence electrons. The predicted octanol–water partition coefficient (Wildman–Crippen LogP) is 2.91. The fraction of sp³-hybridized carbons (Fsp3) is 0.667. The molecule has 2 aliphatic rings. The molecule has 3 rings (SSSR count). The average molecular weight is 231 g/mol. The molecular formula is C15H21NO. The third-order valence-corrected chi connectivity index (χ3v) is 4.65. The number of hydrogen-bond donors (Lipinski definition) is 1. The normalized spacial score (nSPS) is 31.7. The molecule has 0 amide bonds. The number of aliphatic hydroxyl groups excluding tert-OH is 1. The molecule has 2 heteroatoms. The maximum Gasteiger partial charge on any atom is 0.0657 e. The number of hydrogen-bond acceptors (Lipinski definition) is 2. The molecule has 1 saturated carbocycles. The van der Waals surface area contributed by atoms with Crippen molar-refractivity contribution >= 4 is 0 Å². The molecule has 2 nitrogen and oxygen atoms in total. The standard InChI is InChI=1S/C15H21NO/c1-15(2)9-12(15)14(17)11-7-3-5-10-6-4-8-16-13(10)11/h4,6,8,11-12,14,17H,3,5,7,9H2,1-2H3. The van der Waals surface area contributed by atoms with Crippen molar-refractivity contribution in [1.29, 1.82) is 0 Å². The Hall–Kier alpha value is -0.890. The van der Waals surface area contributed by atoms with E-state index >= 15 is 0 Å². The summed E-state index contributed by atoms with van der Waals surface area (Å²) in [7, 11) is 0. The summed E-state index contributed by atoms with van der Waals surface area (Å²) in [5.41, 5.74) is 2.85. The van der Waals surface area contributed by atoms with Crippen LogP contribution in [0.2, 0.25) is 0 Å². The van der Waals surface area contributed by atoms with Gasteiger partial charge in [-0.3, -0.25) is 4.98 Å². The summed E-state index contributed by atoms with van der Waals surface area (Å²) >= 11 is 0. The van der Waals surface area contributed by atoms with Crippen molar-refractivity contribution < 1.29 is 5.11 Å². The molecule has 1 heterocycles. The molecule has 3 unspecified atom stereocenters. The Morgan fingerprint density at radius 1 is 1.47 bits per heavy atom. The zero-order valence-corrected chi connectivity index (χ0v) is 10.7. The predicted molar refractivity (Wildman–Crippen MR) is 67.8 cm³/mol. The summed E-state index contributed by atoms with van der Waals surface area (Å²) in [5.74, 6) is 0.743. The lowest BCUT2D eigenvalue weighted by Crippen LogP contribution is -2.27. The Labute approximate surface area is 103 Å². The highest BCUT2D eigenvalue weighted by Gasteiger charge is 2.52. The van der Waals surface area contributed by atoms with Crippen LogP contribution in [0, 0.1) is 11.3 Å². The second kappa shape index (κ2) is 3.81. The number of nitrogens with zero attached hydrogens (tertiary/aromatic N) is 1. The Morgan fingerprint density at radius 2 is 2.24 bits per heavy atom. The van der Waals surface area contributed by atoms with Gasteiger partial charge < -0.3 is 5.11 Å². The molecular weight excluding hydrogens is 210 g/mol. The fourth-order valence-corrected chi connectivity index (χ4v) is 3.35. The van der Waals surface area contributed by atoms with E-state index < -0.39 is 0 Å². The first kappa shape index (κ1) is 11.2. The number of aliphatic hydroxyl groups is 1. The van der Waals surface area contributed by atoms with Crippen LogP contribution in [0.1, 0.15) is 50.3 Å². The first-order valence-electron chi connectivity index (χ1n) is 6.71. The van der Waals surface area contributed by atoms with Crippen molar-refractivity contribution in [3.63, 3.8) is 0 Å². The molecule has 1 aromatic rings. The lowest BCUT2D eigenvalue weighted by molar-refractivity contribution is 0.0981. The van der Waals surface area contributed by atoms with E-state index in [0.29, 0.717) is 11.3 Å². The lowest BCUT2D eigenvalue weighted by atomic mass is 9.80. The van der Waals surface area contributed by atoms with Gasteiger partial charge in [-0.05, 0) is 48.6 Å². The Morgan fingerprint density at radius 3 is 2.94 bits per heavy atom. The van der Waals surface area contributed by atoms with Gasteiger partial charge in [-0.15, -0.1) is 0 Å². The van der Waals surface area contributed by atoms with E-state index in [1.807, 2.05) is 12.3 Å². The zero-order chi connectivity index (χ0) is 12.0. The van der Waals surface area contributed by atoms with E-state index in [-0.39, 0.29) is 12.0 Å². The largest absolute Gasteiger partial charge is 0.392 e. The van der Waals surface area contributed by atoms with Gasteiger partial charge in [0.1, 0.15) is 0 Å². The average Bonchev–Trinajstić information content (AvgIpc) is 2.97. The van der Waals surface area contributed by atoms with Crippen LogP contribution in [0.15, 0.2) is 18.3 Å². The Kier molecular flexibility index (Phi) is 2.51. The van der Waals surface area contributed by atoms with Crippen LogP contribution in [0.4, 0.5) is 0 Å². The van der Waals surface area contributed by atoms with Crippen LogP contribution in [0.5, 0.6) is 0 Å². The van der Waals surface area contributed by atoms with Gasteiger partial charge in [0.05, 0.1) is 6.10 Å². The van der Waals surface area contributed by atoms with E-state index in [4.69, 9.17) is 0 Å². The number of aryl methyl sites for hydroxylation is 1. The van der Waals surface area contributed by atoms with Crippen LogP contribution < -0.4 is 0 Å². The molecule has 0 radical (unpaired) electrons. The molecule has 17 heavy (non-hydrogen) atoms. The first-order chi connectivity index (χ1) is 8.09. The van der Waals surface area contributed by atoms with Gasteiger partial charge >= 0.3 is 0 Å². The van der Waals surface area contributed by atoms with Crippen molar-refractivity contribution in [3.8, 4) is 0 Å². The van der Waals surface area contributed by atoms with E-state index in [1.54, 1.807) is 0 Å². The maximum atomic E-state index is 10.6. The summed E-state index contributed by atoms with van der Waals surface area (Å²) in [6.45, 7) is 4.51. The molecule has 0 spiro atoms. The molecule has 0 saturated heterocycles. The Bertz CT molecular complexity index is 427. The quantitative estimate of drug-likeness (QED) is 0.849. The lowest BCUT2D eigenvalue weighted by Gasteiger charge is -2.29. The highest BCUT2D eigenvalue weighted by molar-refractivity contribution is 5.28. The van der Waals surface area contributed by atoms with E-state index in [2.05, 4.69) is 24.9 Å². The van der Waals surface area contributed by atoms with Crippen LogP contribution in [-0.2, 0) is 6.42 Å². The zero-order valence-electron chi connectivity index (χ0n) is 10.7. The number of pyridine rings is 1. The SMILES string of the molecule is CC1(C)CC1C(O)C1CCCc2cccnc21. The molecule has 2 aliphatic carbocycles. The number of aromatic nitrogens is 1. The van der Waals surface area contributed by atoms with Gasteiger partial charge in [-0.2, -0.15) is 0 Å². The van der Waals surface area contributed by atoms with E-state index in [9.17, 15) is 5.11 Å². The minimum absolute atomic E-state index is 0.195. The van der Waals surface area contributed by atoms with Crippen molar-refractivity contribution in [2.45, 2.75) is 51.6 Å². The second-order valence-electron chi connectivity index (χ2n) is 6.34. The molecule has 0 bridgehead atoms. The van der Waals surface area contributed by atoms with Crippen molar-refractivity contribution in [1.82, 2.24) is 4.98 Å². The number of fused-ring (bicyclic) bond motifs is 1. The Balaban J connectivity index is 1.86. The minimum Gasteiger partial charge on any atom is -0.392 e. The van der Waals surface area contributed by atoms with Crippen LogP contribution in [0.25, 0.3) is 0 Å². The van der Waals surface area contributed by atoms with Crippen molar-refractivity contribution in [2.75, 3.05) is 0 Å². The summed E-state index contributed by atoms with van der Waals surface area (Å²) in [6, 6.07) is 4.17.